The molecule has 0 spiro atoms. The quantitative estimate of drug-likeness (QED) is 0.405. The van der Waals surface area contributed by atoms with Crippen LogP contribution in [0, 0.1) is 5.82 Å². The van der Waals surface area contributed by atoms with Crippen molar-refractivity contribution in [3.63, 3.8) is 0 Å². The highest BCUT2D eigenvalue weighted by Crippen LogP contribution is 2.47. The van der Waals surface area contributed by atoms with E-state index in [9.17, 15) is 17.6 Å². The van der Waals surface area contributed by atoms with Crippen molar-refractivity contribution in [1.82, 2.24) is 0 Å². The number of nitrogens with two attached hydrogens (primary N) is 1. The highest BCUT2D eigenvalue weighted by atomic mass is 32.2. The summed E-state index contributed by atoms with van der Waals surface area (Å²) in [6, 6.07) is 9.45. The van der Waals surface area contributed by atoms with E-state index in [1.54, 1.807) is 18.2 Å². The van der Waals surface area contributed by atoms with Crippen LogP contribution < -0.4 is 10.0 Å². The molecule has 1 aliphatic carbocycles. The first-order chi connectivity index (χ1) is 16.2. The summed E-state index contributed by atoms with van der Waals surface area (Å²) in [6.07, 6.45) is 4.15. The SMILES string of the molecule is CCCOCCN(c1cc2oc(Cc3ccc(F)cc3)c(C(N)=O)c2cc1C1CC1)S(C)(=O)=O. The lowest BCUT2D eigenvalue weighted by molar-refractivity contribution is 0.1000. The van der Waals surface area contributed by atoms with Crippen LogP contribution in [0.15, 0.2) is 40.8 Å². The molecule has 3 aromatic rings. The number of furan rings is 1. The Bertz CT molecular complexity index is 1300. The summed E-state index contributed by atoms with van der Waals surface area (Å²) in [6.45, 7) is 2.99. The van der Waals surface area contributed by atoms with Gasteiger partial charge in [0, 0.05) is 24.5 Å². The number of amides is 1. The molecule has 2 aromatic carbocycles. The van der Waals surface area contributed by atoms with E-state index in [-0.39, 0.29) is 36.9 Å². The Labute approximate surface area is 198 Å². The number of nitrogens with zero attached hydrogens (tertiary/aromatic N) is 1. The van der Waals surface area contributed by atoms with E-state index in [0.717, 1.165) is 30.4 Å². The van der Waals surface area contributed by atoms with Crippen molar-refractivity contribution in [3.8, 4) is 0 Å². The summed E-state index contributed by atoms with van der Waals surface area (Å²) in [5, 5.41) is 0.561. The van der Waals surface area contributed by atoms with Crippen LogP contribution in [-0.4, -0.2) is 40.3 Å². The molecule has 0 radical (unpaired) electrons. The number of fused-ring (bicyclic) bond motifs is 1. The summed E-state index contributed by atoms with van der Waals surface area (Å²) >= 11 is 0. The number of sulfonamides is 1. The first-order valence-corrected chi connectivity index (χ1v) is 13.2. The molecule has 7 nitrogen and oxygen atoms in total. The van der Waals surface area contributed by atoms with Crippen LogP contribution in [0.3, 0.4) is 0 Å². The van der Waals surface area contributed by atoms with E-state index < -0.39 is 15.9 Å². The molecule has 9 heteroatoms. The van der Waals surface area contributed by atoms with Gasteiger partial charge < -0.3 is 14.9 Å². The Morgan fingerprint density at radius 2 is 1.91 bits per heavy atom. The summed E-state index contributed by atoms with van der Waals surface area (Å²) in [5.41, 5.74) is 8.53. The number of primary amides is 1. The molecule has 4 rings (SSSR count). The van der Waals surface area contributed by atoms with Crippen molar-refractivity contribution >= 4 is 32.6 Å². The molecular weight excluding hydrogens is 459 g/mol. The highest BCUT2D eigenvalue weighted by Gasteiger charge is 2.32. The molecule has 1 aromatic heterocycles. The first-order valence-electron chi connectivity index (χ1n) is 11.4. The maximum atomic E-state index is 13.3. The van der Waals surface area contributed by atoms with E-state index in [4.69, 9.17) is 14.9 Å². The molecule has 1 amide bonds. The molecule has 0 saturated heterocycles. The van der Waals surface area contributed by atoms with Crippen molar-refractivity contribution < 1.29 is 26.8 Å². The van der Waals surface area contributed by atoms with Crippen molar-refractivity contribution in [2.75, 3.05) is 30.3 Å². The normalized spacial score (nSPS) is 14.0. The standard InChI is InChI=1S/C25H29FN2O5S/c1-3-11-32-12-10-28(34(2,30)31)21-15-22-20(14-19(21)17-6-7-17)24(25(27)29)23(33-22)13-16-4-8-18(26)9-5-16/h4-5,8-9,14-15,17H,3,6-7,10-13H2,1-2H3,(H2,27,29). The molecule has 1 heterocycles. The summed E-state index contributed by atoms with van der Waals surface area (Å²) in [7, 11) is -3.59. The molecule has 0 aliphatic heterocycles. The zero-order valence-corrected chi connectivity index (χ0v) is 20.2. The molecule has 1 saturated carbocycles. The lowest BCUT2D eigenvalue weighted by Gasteiger charge is -2.25. The van der Waals surface area contributed by atoms with Gasteiger partial charge in [0.2, 0.25) is 10.0 Å². The van der Waals surface area contributed by atoms with E-state index >= 15 is 0 Å². The second-order valence-electron chi connectivity index (χ2n) is 8.70. The Morgan fingerprint density at radius 1 is 1.21 bits per heavy atom. The lowest BCUT2D eigenvalue weighted by atomic mass is 10.0. The van der Waals surface area contributed by atoms with Crippen LogP contribution in [0.1, 0.15) is 59.3 Å². The molecule has 1 fully saturated rings. The van der Waals surface area contributed by atoms with Gasteiger partial charge >= 0.3 is 0 Å². The average molecular weight is 489 g/mol. The Kier molecular flexibility index (Phi) is 6.95. The predicted octanol–water partition coefficient (Wildman–Crippen LogP) is 4.33. The number of halogens is 1. The number of benzene rings is 2. The fraction of sp³-hybridized carbons (Fsp3) is 0.400. The number of anilines is 1. The number of hydrogen-bond acceptors (Lipinski definition) is 5. The van der Waals surface area contributed by atoms with E-state index in [1.807, 2.05) is 13.0 Å². The largest absolute Gasteiger partial charge is 0.460 e. The topological polar surface area (TPSA) is 103 Å². The maximum Gasteiger partial charge on any atom is 0.252 e. The van der Waals surface area contributed by atoms with Gasteiger partial charge in [-0.1, -0.05) is 19.1 Å². The van der Waals surface area contributed by atoms with Crippen LogP contribution in [0.5, 0.6) is 0 Å². The number of ether oxygens (including phenoxy) is 1. The summed E-state index contributed by atoms with van der Waals surface area (Å²) in [5.74, 6) is -0.411. The van der Waals surface area contributed by atoms with E-state index in [2.05, 4.69) is 0 Å². The molecule has 0 unspecified atom stereocenters. The van der Waals surface area contributed by atoms with Crippen LogP contribution in [0.2, 0.25) is 0 Å². The summed E-state index contributed by atoms with van der Waals surface area (Å²) in [4.78, 5) is 12.4. The number of rotatable bonds is 11. The Balaban J connectivity index is 1.81. The fourth-order valence-electron chi connectivity index (χ4n) is 4.18. The van der Waals surface area contributed by atoms with Gasteiger partial charge in [-0.2, -0.15) is 0 Å². The molecule has 182 valence electrons. The van der Waals surface area contributed by atoms with Crippen molar-refractivity contribution in [1.29, 1.82) is 0 Å². The maximum absolute atomic E-state index is 13.3. The number of carbonyl (C=O) groups is 1. The molecule has 0 atom stereocenters. The molecule has 34 heavy (non-hydrogen) atoms. The van der Waals surface area contributed by atoms with Crippen LogP contribution in [0.4, 0.5) is 10.1 Å². The van der Waals surface area contributed by atoms with Gasteiger partial charge in [0.1, 0.15) is 17.2 Å². The monoisotopic (exact) mass is 488 g/mol. The minimum absolute atomic E-state index is 0.176. The molecular formula is C25H29FN2O5S. The molecule has 1 aliphatic rings. The highest BCUT2D eigenvalue weighted by molar-refractivity contribution is 7.92. The molecule has 0 bridgehead atoms. The average Bonchev–Trinajstić information content (AvgIpc) is 3.55. The third-order valence-corrected chi connectivity index (χ3v) is 7.09. The minimum Gasteiger partial charge on any atom is -0.460 e. The second-order valence-corrected chi connectivity index (χ2v) is 10.6. The summed E-state index contributed by atoms with van der Waals surface area (Å²) < 4.78 is 51.7. The Morgan fingerprint density at radius 3 is 2.50 bits per heavy atom. The van der Waals surface area contributed by atoms with Crippen LogP contribution in [-0.2, 0) is 21.2 Å². The van der Waals surface area contributed by atoms with Gasteiger partial charge in [0.25, 0.3) is 5.91 Å². The van der Waals surface area contributed by atoms with Gasteiger partial charge in [-0.25, -0.2) is 12.8 Å². The van der Waals surface area contributed by atoms with Gasteiger partial charge in [0.05, 0.1) is 30.7 Å². The van der Waals surface area contributed by atoms with Gasteiger partial charge in [-0.15, -0.1) is 0 Å². The van der Waals surface area contributed by atoms with Crippen molar-refractivity contribution in [3.05, 3.63) is 64.7 Å². The first kappa shape index (κ1) is 24.2. The lowest BCUT2D eigenvalue weighted by Crippen LogP contribution is -2.34. The van der Waals surface area contributed by atoms with Crippen molar-refractivity contribution in [2.45, 2.75) is 38.5 Å². The van der Waals surface area contributed by atoms with E-state index in [1.165, 1.54) is 22.7 Å². The third kappa shape index (κ3) is 5.26. The third-order valence-electron chi connectivity index (χ3n) is 5.91. The number of carbonyl (C=O) groups excluding carboxylic acids is 1. The van der Waals surface area contributed by atoms with Crippen molar-refractivity contribution in [2.24, 2.45) is 5.73 Å². The van der Waals surface area contributed by atoms with E-state index in [0.29, 0.717) is 29.0 Å². The smallest absolute Gasteiger partial charge is 0.252 e. The van der Waals surface area contributed by atoms with Crippen LogP contribution >= 0.6 is 0 Å². The van der Waals surface area contributed by atoms with Gasteiger partial charge in [-0.05, 0) is 54.5 Å². The Hall–Kier alpha value is -2.91. The minimum atomic E-state index is -3.59. The van der Waals surface area contributed by atoms with Crippen LogP contribution in [0.25, 0.3) is 11.0 Å². The zero-order valence-electron chi connectivity index (χ0n) is 19.3. The van der Waals surface area contributed by atoms with Gasteiger partial charge in [0.15, 0.2) is 0 Å². The second kappa shape index (κ2) is 9.76. The zero-order chi connectivity index (χ0) is 24.5. The van der Waals surface area contributed by atoms with Gasteiger partial charge in [-0.3, -0.25) is 9.10 Å². The predicted molar refractivity (Wildman–Crippen MR) is 129 cm³/mol. The molecule has 2 N–H and O–H groups in total. The number of hydrogen-bond donors (Lipinski definition) is 1. The fourth-order valence-corrected chi connectivity index (χ4v) is 5.10.